The molecule has 0 atom stereocenters. The first-order valence-electron chi connectivity index (χ1n) is 11.2. The van der Waals surface area contributed by atoms with Crippen LogP contribution in [0.25, 0.3) is 22.3 Å². The summed E-state index contributed by atoms with van der Waals surface area (Å²) in [5.74, 6) is 2.50. The van der Waals surface area contributed by atoms with Gasteiger partial charge in [-0.3, -0.25) is 9.89 Å². The Bertz CT molecular complexity index is 1300. The summed E-state index contributed by atoms with van der Waals surface area (Å²) in [6.45, 7) is 0.769. The van der Waals surface area contributed by atoms with Crippen molar-refractivity contribution >= 4 is 28.4 Å². The lowest BCUT2D eigenvalue weighted by Crippen LogP contribution is -2.25. The highest BCUT2D eigenvalue weighted by Gasteiger charge is 2.29. The van der Waals surface area contributed by atoms with Gasteiger partial charge in [-0.2, -0.15) is 10.1 Å². The fraction of sp³-hybridized carbons (Fsp3) is 0.333. The van der Waals surface area contributed by atoms with E-state index < -0.39 is 0 Å². The van der Waals surface area contributed by atoms with Gasteiger partial charge in [0.05, 0.1) is 11.7 Å². The molecule has 8 nitrogen and oxygen atoms in total. The lowest BCUT2D eigenvalue weighted by molar-refractivity contribution is 0.0952. The summed E-state index contributed by atoms with van der Waals surface area (Å²) in [6, 6.07) is 11.6. The maximum absolute atomic E-state index is 12.3. The Morgan fingerprint density at radius 3 is 2.69 bits per heavy atom. The number of fused-ring (bicyclic) bond motifs is 1. The Morgan fingerprint density at radius 1 is 1.12 bits per heavy atom. The summed E-state index contributed by atoms with van der Waals surface area (Å²) in [7, 11) is 1.88. The van der Waals surface area contributed by atoms with E-state index in [1.165, 1.54) is 31.2 Å². The number of carbonyl (C=O) groups is 1. The van der Waals surface area contributed by atoms with Crippen molar-refractivity contribution in [1.29, 1.82) is 0 Å². The van der Waals surface area contributed by atoms with E-state index in [-0.39, 0.29) is 5.91 Å². The predicted octanol–water partition coefficient (Wildman–Crippen LogP) is 4.12. The summed E-state index contributed by atoms with van der Waals surface area (Å²) in [5.41, 5.74) is 4.93. The zero-order valence-corrected chi connectivity index (χ0v) is 17.9. The third-order valence-corrected chi connectivity index (χ3v) is 6.31. The molecule has 2 heterocycles. The van der Waals surface area contributed by atoms with Crippen molar-refractivity contribution in [3.63, 3.8) is 0 Å². The molecule has 2 fully saturated rings. The van der Waals surface area contributed by atoms with Crippen molar-refractivity contribution < 1.29 is 4.79 Å². The molecule has 0 saturated heterocycles. The quantitative estimate of drug-likeness (QED) is 0.412. The number of nitrogens with zero attached hydrogens (tertiary/aromatic N) is 4. The average molecular weight is 428 g/mol. The van der Waals surface area contributed by atoms with Gasteiger partial charge < -0.3 is 10.6 Å². The van der Waals surface area contributed by atoms with Crippen LogP contribution in [0.3, 0.4) is 0 Å². The van der Waals surface area contributed by atoms with Crippen LogP contribution in [-0.2, 0) is 7.05 Å². The molecule has 8 heteroatoms. The zero-order chi connectivity index (χ0) is 21.7. The van der Waals surface area contributed by atoms with Crippen molar-refractivity contribution in [3.05, 3.63) is 53.7 Å². The normalized spacial score (nSPS) is 15.8. The monoisotopic (exact) mass is 427 g/mol. The van der Waals surface area contributed by atoms with E-state index in [1.54, 1.807) is 4.68 Å². The molecule has 6 rings (SSSR count). The van der Waals surface area contributed by atoms with Gasteiger partial charge in [0, 0.05) is 35.8 Å². The van der Waals surface area contributed by atoms with Gasteiger partial charge in [0.1, 0.15) is 0 Å². The molecule has 0 spiro atoms. The maximum atomic E-state index is 12.3. The summed E-state index contributed by atoms with van der Waals surface area (Å²) in [6.07, 6.45) is 6.74. The van der Waals surface area contributed by atoms with Crippen LogP contribution in [0, 0.1) is 5.92 Å². The van der Waals surface area contributed by atoms with E-state index in [1.807, 2.05) is 43.6 Å². The molecule has 32 heavy (non-hydrogen) atoms. The molecular formula is C24H25N7O. The van der Waals surface area contributed by atoms with Crippen LogP contribution in [-0.4, -0.2) is 37.4 Å². The van der Waals surface area contributed by atoms with Crippen molar-refractivity contribution in [1.82, 2.24) is 30.3 Å². The number of carbonyl (C=O) groups excluding carboxylic acids is 1. The van der Waals surface area contributed by atoms with E-state index in [0.717, 1.165) is 28.7 Å². The molecule has 2 aromatic carbocycles. The highest BCUT2D eigenvalue weighted by atomic mass is 16.1. The largest absolute Gasteiger partial charge is 0.352 e. The Kier molecular flexibility index (Phi) is 4.45. The van der Waals surface area contributed by atoms with Crippen molar-refractivity contribution in [3.8, 4) is 11.4 Å². The number of aromatic nitrogens is 5. The summed E-state index contributed by atoms with van der Waals surface area (Å²) >= 11 is 0. The van der Waals surface area contributed by atoms with Crippen LogP contribution < -0.4 is 10.6 Å². The standard InChI is InChI=1S/C24H25N7O/c1-31-24(27-20-11-10-19-18(13-26-29-19)21(20)15-4-5-15)28-22(30-31)16-6-8-17(9-7-16)23(32)25-12-14-2-3-14/h6-11,13-15H,2-5,12H2,1H3,(H,25,32)(H,26,29)(H,27,28,30). The number of hydrogen-bond donors (Lipinski definition) is 3. The van der Waals surface area contributed by atoms with Gasteiger partial charge in [0.15, 0.2) is 5.82 Å². The van der Waals surface area contributed by atoms with Crippen LogP contribution in [0.5, 0.6) is 0 Å². The second kappa shape index (κ2) is 7.47. The van der Waals surface area contributed by atoms with Crippen LogP contribution in [0.4, 0.5) is 11.6 Å². The molecule has 162 valence electrons. The van der Waals surface area contributed by atoms with Crippen LogP contribution in [0.15, 0.2) is 42.6 Å². The Balaban J connectivity index is 1.23. The van der Waals surface area contributed by atoms with E-state index >= 15 is 0 Å². The Labute approximate surface area is 185 Å². The predicted molar refractivity (Wildman–Crippen MR) is 123 cm³/mol. The smallest absolute Gasteiger partial charge is 0.251 e. The minimum atomic E-state index is -0.0259. The van der Waals surface area contributed by atoms with Gasteiger partial charge in [-0.1, -0.05) is 12.1 Å². The number of rotatable bonds is 7. The molecule has 4 aromatic rings. The molecule has 2 aliphatic rings. The summed E-state index contributed by atoms with van der Waals surface area (Å²) in [5, 5.41) is 19.5. The fourth-order valence-electron chi connectivity index (χ4n) is 4.13. The first-order chi connectivity index (χ1) is 15.7. The Hall–Kier alpha value is -3.68. The first kappa shape index (κ1) is 19.0. The van der Waals surface area contributed by atoms with E-state index in [9.17, 15) is 4.79 Å². The molecule has 1 amide bonds. The Morgan fingerprint density at radius 2 is 1.94 bits per heavy atom. The van der Waals surface area contributed by atoms with Gasteiger partial charge in [0.2, 0.25) is 5.95 Å². The number of nitrogens with one attached hydrogen (secondary N) is 3. The molecule has 2 aliphatic carbocycles. The van der Waals surface area contributed by atoms with E-state index in [4.69, 9.17) is 4.98 Å². The number of anilines is 2. The third-order valence-electron chi connectivity index (χ3n) is 6.31. The molecule has 0 unspecified atom stereocenters. The minimum absolute atomic E-state index is 0.0259. The third kappa shape index (κ3) is 3.62. The number of benzene rings is 2. The molecule has 2 saturated carbocycles. The number of hydrogen-bond acceptors (Lipinski definition) is 5. The van der Waals surface area contributed by atoms with Gasteiger partial charge in [-0.25, -0.2) is 4.68 Å². The molecule has 0 radical (unpaired) electrons. The molecule has 2 aromatic heterocycles. The van der Waals surface area contributed by atoms with E-state index in [2.05, 4.69) is 32.0 Å². The van der Waals surface area contributed by atoms with Crippen molar-refractivity contribution in [2.45, 2.75) is 31.6 Å². The lowest BCUT2D eigenvalue weighted by Gasteiger charge is -2.11. The fourth-order valence-corrected chi connectivity index (χ4v) is 4.13. The zero-order valence-electron chi connectivity index (χ0n) is 17.9. The van der Waals surface area contributed by atoms with E-state index in [0.29, 0.717) is 29.2 Å². The van der Waals surface area contributed by atoms with Gasteiger partial charge in [0.25, 0.3) is 5.91 Å². The molecule has 0 bridgehead atoms. The second-order valence-corrected chi connectivity index (χ2v) is 8.87. The summed E-state index contributed by atoms with van der Waals surface area (Å²) < 4.78 is 1.75. The number of H-pyrrole nitrogens is 1. The average Bonchev–Trinajstić information content (AvgIpc) is 3.73. The summed E-state index contributed by atoms with van der Waals surface area (Å²) in [4.78, 5) is 17.0. The van der Waals surface area contributed by atoms with Crippen LogP contribution in [0.2, 0.25) is 0 Å². The highest BCUT2D eigenvalue weighted by Crippen LogP contribution is 2.47. The number of aryl methyl sites for hydroxylation is 1. The topological polar surface area (TPSA) is 101 Å². The minimum Gasteiger partial charge on any atom is -0.352 e. The number of aromatic amines is 1. The van der Waals surface area contributed by atoms with Gasteiger partial charge in [-0.15, -0.1) is 5.10 Å². The number of amides is 1. The van der Waals surface area contributed by atoms with Crippen LogP contribution >= 0.6 is 0 Å². The van der Waals surface area contributed by atoms with Gasteiger partial charge in [-0.05, 0) is 67.3 Å². The second-order valence-electron chi connectivity index (χ2n) is 8.87. The molecular weight excluding hydrogens is 402 g/mol. The lowest BCUT2D eigenvalue weighted by atomic mass is 10.0. The van der Waals surface area contributed by atoms with Crippen molar-refractivity contribution in [2.75, 3.05) is 11.9 Å². The molecule has 3 N–H and O–H groups in total. The van der Waals surface area contributed by atoms with Crippen LogP contribution in [0.1, 0.15) is 47.5 Å². The highest BCUT2D eigenvalue weighted by molar-refractivity contribution is 5.94. The maximum Gasteiger partial charge on any atom is 0.251 e. The van der Waals surface area contributed by atoms with Crippen molar-refractivity contribution in [2.24, 2.45) is 13.0 Å². The van der Waals surface area contributed by atoms with Gasteiger partial charge >= 0.3 is 0 Å². The molecule has 0 aliphatic heterocycles. The SMILES string of the molecule is Cn1nc(-c2ccc(C(=O)NCC3CC3)cc2)nc1Nc1ccc2[nH]ncc2c1C1CC1. The first-order valence-corrected chi connectivity index (χ1v) is 11.2.